The number of fused-ring (bicyclic) bond motifs is 1. The largest absolute Gasteiger partial charge is 0.490 e. The van der Waals surface area contributed by atoms with Gasteiger partial charge in [-0.2, -0.15) is 0 Å². The molecule has 1 aliphatic rings. The van der Waals surface area contributed by atoms with Crippen LogP contribution in [0.15, 0.2) is 34.9 Å². The Bertz CT molecular complexity index is 574. The molecule has 0 spiro atoms. The van der Waals surface area contributed by atoms with Crippen LogP contribution in [0.1, 0.15) is 34.8 Å². The van der Waals surface area contributed by atoms with Gasteiger partial charge in [0.05, 0.1) is 11.6 Å². The van der Waals surface area contributed by atoms with E-state index in [-0.39, 0.29) is 11.5 Å². The number of benzene rings is 1. The highest BCUT2D eigenvalue weighted by molar-refractivity contribution is 6.22. The molecule has 94 valence electrons. The molecule has 0 aliphatic carbocycles. The van der Waals surface area contributed by atoms with Gasteiger partial charge in [-0.15, -0.1) is 11.6 Å². The van der Waals surface area contributed by atoms with Crippen molar-refractivity contribution >= 4 is 11.6 Å². The lowest BCUT2D eigenvalue weighted by Crippen LogP contribution is -2.05. The number of rotatable bonds is 2. The Hall–Kier alpha value is -1.41. The fraction of sp³-hybridized carbons (Fsp3) is 0.333. The number of hydrogen-bond donors (Lipinski definition) is 0. The smallest absolute Gasteiger partial charge is 0.123 e. The molecule has 2 heterocycles. The van der Waals surface area contributed by atoms with Crippen molar-refractivity contribution in [1.82, 2.24) is 0 Å². The molecule has 0 saturated carbocycles. The molecular weight excluding hydrogens is 248 g/mol. The molecule has 1 aromatic heterocycles. The van der Waals surface area contributed by atoms with Gasteiger partial charge in [0.2, 0.25) is 0 Å². The van der Waals surface area contributed by atoms with Crippen LogP contribution >= 0.6 is 11.6 Å². The first-order valence-corrected chi connectivity index (χ1v) is 6.55. The third kappa shape index (κ3) is 2.01. The first-order valence-electron chi connectivity index (χ1n) is 6.12. The van der Waals surface area contributed by atoms with Crippen LogP contribution in [-0.4, -0.2) is 6.10 Å². The quantitative estimate of drug-likeness (QED) is 0.756. The molecule has 0 amide bonds. The zero-order valence-electron chi connectivity index (χ0n) is 10.4. The third-order valence-electron chi connectivity index (χ3n) is 3.26. The maximum Gasteiger partial charge on any atom is 0.123 e. The van der Waals surface area contributed by atoms with Crippen LogP contribution in [0, 0.1) is 6.92 Å². The van der Waals surface area contributed by atoms with Crippen molar-refractivity contribution in [3.8, 4) is 5.75 Å². The minimum Gasteiger partial charge on any atom is -0.490 e. The summed E-state index contributed by atoms with van der Waals surface area (Å²) in [5.74, 6) is 1.87. The molecule has 18 heavy (non-hydrogen) atoms. The van der Waals surface area contributed by atoms with Crippen molar-refractivity contribution in [1.29, 1.82) is 0 Å². The summed E-state index contributed by atoms with van der Waals surface area (Å²) in [6.45, 7) is 4.00. The van der Waals surface area contributed by atoms with Crippen LogP contribution in [0.5, 0.6) is 5.75 Å². The average Bonchev–Trinajstić information content (AvgIpc) is 2.92. The molecule has 1 aromatic carbocycles. The van der Waals surface area contributed by atoms with Crippen molar-refractivity contribution in [2.75, 3.05) is 0 Å². The van der Waals surface area contributed by atoms with Crippen molar-refractivity contribution in [2.45, 2.75) is 31.7 Å². The Labute approximate surface area is 112 Å². The van der Waals surface area contributed by atoms with Gasteiger partial charge in [0.25, 0.3) is 0 Å². The fourth-order valence-electron chi connectivity index (χ4n) is 2.39. The number of aryl methyl sites for hydroxylation is 1. The van der Waals surface area contributed by atoms with Gasteiger partial charge in [0, 0.05) is 12.0 Å². The summed E-state index contributed by atoms with van der Waals surface area (Å²) >= 11 is 6.48. The summed E-state index contributed by atoms with van der Waals surface area (Å²) in [4.78, 5) is 0. The van der Waals surface area contributed by atoms with Gasteiger partial charge in [-0.3, -0.25) is 0 Å². The minimum atomic E-state index is -0.163. The molecule has 0 N–H and O–H groups in total. The molecule has 2 nitrogen and oxygen atoms in total. The normalized spacial score (nSPS) is 19.4. The molecule has 2 unspecified atom stereocenters. The summed E-state index contributed by atoms with van der Waals surface area (Å²) in [6, 6.07) is 8.15. The van der Waals surface area contributed by atoms with Gasteiger partial charge < -0.3 is 9.15 Å². The Morgan fingerprint density at radius 1 is 1.28 bits per heavy atom. The van der Waals surface area contributed by atoms with Crippen LogP contribution in [0.25, 0.3) is 0 Å². The van der Waals surface area contributed by atoms with E-state index in [0.717, 1.165) is 29.1 Å². The first-order chi connectivity index (χ1) is 8.63. The third-order valence-corrected chi connectivity index (χ3v) is 3.76. The zero-order valence-corrected chi connectivity index (χ0v) is 11.2. The lowest BCUT2D eigenvalue weighted by atomic mass is 10.0. The predicted molar refractivity (Wildman–Crippen MR) is 71.4 cm³/mol. The first kappa shape index (κ1) is 11.7. The zero-order chi connectivity index (χ0) is 12.7. The van der Waals surface area contributed by atoms with Gasteiger partial charge in [-0.1, -0.05) is 12.1 Å². The van der Waals surface area contributed by atoms with E-state index in [1.165, 1.54) is 5.56 Å². The van der Waals surface area contributed by atoms with Gasteiger partial charge in [-0.05, 0) is 37.1 Å². The van der Waals surface area contributed by atoms with E-state index in [2.05, 4.69) is 13.0 Å². The van der Waals surface area contributed by atoms with Crippen molar-refractivity contribution in [2.24, 2.45) is 0 Å². The highest BCUT2D eigenvalue weighted by Gasteiger charge is 2.21. The Morgan fingerprint density at radius 2 is 2.11 bits per heavy atom. The van der Waals surface area contributed by atoms with Gasteiger partial charge in [-0.25, -0.2) is 0 Å². The van der Waals surface area contributed by atoms with Crippen molar-refractivity contribution < 1.29 is 9.15 Å². The standard InChI is InChI=1S/C15H15ClO2/c1-9-5-13(8-17-9)15(16)11-3-4-14-12(7-11)6-10(2)18-14/h3-5,7-8,10,15H,6H2,1-2H3. The van der Waals surface area contributed by atoms with E-state index in [0.29, 0.717) is 0 Å². The summed E-state index contributed by atoms with van der Waals surface area (Å²) in [5.41, 5.74) is 3.33. The monoisotopic (exact) mass is 262 g/mol. The molecule has 0 bridgehead atoms. The van der Waals surface area contributed by atoms with Crippen LogP contribution in [-0.2, 0) is 6.42 Å². The molecule has 2 aromatic rings. The van der Waals surface area contributed by atoms with Crippen molar-refractivity contribution in [3.05, 3.63) is 53.0 Å². The highest BCUT2D eigenvalue weighted by atomic mass is 35.5. The lowest BCUT2D eigenvalue weighted by Gasteiger charge is -2.09. The molecule has 0 radical (unpaired) electrons. The molecule has 1 aliphatic heterocycles. The summed E-state index contributed by atoms with van der Waals surface area (Å²) in [7, 11) is 0. The predicted octanol–water partition coefficient (Wildman–Crippen LogP) is 4.24. The Kier molecular flexibility index (Phi) is 2.83. The van der Waals surface area contributed by atoms with Gasteiger partial charge in [0.1, 0.15) is 17.6 Å². The van der Waals surface area contributed by atoms with Crippen LogP contribution in [0.2, 0.25) is 0 Å². The second kappa shape index (κ2) is 4.36. The number of furan rings is 1. The maximum atomic E-state index is 6.48. The maximum absolute atomic E-state index is 6.48. The molecule has 0 fully saturated rings. The van der Waals surface area contributed by atoms with Crippen LogP contribution in [0.4, 0.5) is 0 Å². The number of alkyl halides is 1. The van der Waals surface area contributed by atoms with Crippen molar-refractivity contribution in [3.63, 3.8) is 0 Å². The number of ether oxygens (including phenoxy) is 1. The molecular formula is C15H15ClO2. The van der Waals surface area contributed by atoms with E-state index in [4.69, 9.17) is 20.8 Å². The molecule has 3 rings (SSSR count). The second-order valence-corrected chi connectivity index (χ2v) is 5.29. The number of hydrogen-bond acceptors (Lipinski definition) is 2. The van der Waals surface area contributed by atoms with E-state index >= 15 is 0 Å². The van der Waals surface area contributed by atoms with E-state index in [1.54, 1.807) is 6.26 Å². The Morgan fingerprint density at radius 3 is 2.83 bits per heavy atom. The molecule has 3 heteroatoms. The van der Waals surface area contributed by atoms with E-state index in [9.17, 15) is 0 Å². The molecule has 0 saturated heterocycles. The highest BCUT2D eigenvalue weighted by Crippen LogP contribution is 2.35. The van der Waals surface area contributed by atoms with E-state index in [1.807, 2.05) is 25.1 Å². The Balaban J connectivity index is 1.91. The van der Waals surface area contributed by atoms with E-state index < -0.39 is 0 Å². The fourth-order valence-corrected chi connectivity index (χ4v) is 2.64. The van der Waals surface area contributed by atoms with Crippen LogP contribution < -0.4 is 4.74 Å². The number of halogens is 1. The van der Waals surface area contributed by atoms with Gasteiger partial charge in [0.15, 0.2) is 0 Å². The SMILES string of the molecule is Cc1cc(C(Cl)c2ccc3c(c2)CC(C)O3)co1. The molecule has 2 atom stereocenters. The van der Waals surface area contributed by atoms with Crippen LogP contribution in [0.3, 0.4) is 0 Å². The minimum absolute atomic E-state index is 0.163. The summed E-state index contributed by atoms with van der Waals surface area (Å²) in [5, 5.41) is -0.163. The topological polar surface area (TPSA) is 22.4 Å². The van der Waals surface area contributed by atoms with Gasteiger partial charge >= 0.3 is 0 Å². The summed E-state index contributed by atoms with van der Waals surface area (Å²) < 4.78 is 11.0. The summed E-state index contributed by atoms with van der Waals surface area (Å²) in [6.07, 6.45) is 2.94. The second-order valence-electron chi connectivity index (χ2n) is 4.85. The lowest BCUT2D eigenvalue weighted by molar-refractivity contribution is 0.254. The average molecular weight is 263 g/mol.